The van der Waals surface area contributed by atoms with E-state index in [1.807, 2.05) is 44.2 Å². The number of benzene rings is 2. The highest BCUT2D eigenvalue weighted by Gasteiger charge is 2.34. The Labute approximate surface area is 198 Å². The zero-order chi connectivity index (χ0) is 23.1. The Balaban J connectivity index is 1.53. The van der Waals surface area contributed by atoms with Crippen LogP contribution in [-0.2, 0) is 22.4 Å². The van der Waals surface area contributed by atoms with E-state index in [0.29, 0.717) is 0 Å². The molecule has 0 spiro atoms. The number of thiophene rings is 1. The number of fused-ring (bicyclic) bond motifs is 3. The summed E-state index contributed by atoms with van der Waals surface area (Å²) in [6, 6.07) is 14.1. The van der Waals surface area contributed by atoms with Crippen LogP contribution in [0, 0.1) is 20.8 Å². The Morgan fingerprint density at radius 1 is 1.03 bits per heavy atom. The smallest absolute Gasteiger partial charge is 0.249 e. The van der Waals surface area contributed by atoms with Crippen molar-refractivity contribution in [2.45, 2.75) is 40.0 Å². The van der Waals surface area contributed by atoms with Crippen LogP contribution in [0.5, 0.6) is 0 Å². The molecule has 5 nitrogen and oxygen atoms in total. The van der Waals surface area contributed by atoms with Crippen molar-refractivity contribution in [3.05, 3.63) is 80.7 Å². The largest absolute Gasteiger partial charge is 0.324 e. The van der Waals surface area contributed by atoms with Crippen LogP contribution < -0.4 is 10.2 Å². The number of rotatable bonds is 4. The molecule has 33 heavy (non-hydrogen) atoms. The molecule has 0 fully saturated rings. The van der Waals surface area contributed by atoms with Gasteiger partial charge >= 0.3 is 0 Å². The predicted molar refractivity (Wildman–Crippen MR) is 135 cm³/mol. The Kier molecular flexibility index (Phi) is 5.62. The minimum absolute atomic E-state index is 0.0183. The summed E-state index contributed by atoms with van der Waals surface area (Å²) in [7, 11) is 0. The summed E-state index contributed by atoms with van der Waals surface area (Å²) in [6.45, 7) is 6.05. The lowest BCUT2D eigenvalue weighted by molar-refractivity contribution is -0.120. The molecule has 1 N–H and O–H groups in total. The van der Waals surface area contributed by atoms with Crippen LogP contribution in [0.1, 0.15) is 44.7 Å². The second kappa shape index (κ2) is 8.60. The molecule has 1 aliphatic heterocycles. The monoisotopic (exact) mass is 457 g/mol. The van der Waals surface area contributed by atoms with Crippen molar-refractivity contribution in [1.29, 1.82) is 0 Å². The zero-order valence-electron chi connectivity index (χ0n) is 19.2. The summed E-state index contributed by atoms with van der Waals surface area (Å²) in [5.74, 6) is -0.337. The van der Waals surface area contributed by atoms with Crippen LogP contribution in [0.2, 0.25) is 0 Å². The number of nitrogens with zero attached hydrogens (tertiary/aromatic N) is 2. The average Bonchev–Trinajstić information content (AvgIpc) is 3.35. The van der Waals surface area contributed by atoms with Gasteiger partial charge in [-0.05, 0) is 62.3 Å². The lowest BCUT2D eigenvalue weighted by Gasteiger charge is -2.21. The summed E-state index contributed by atoms with van der Waals surface area (Å²) in [6.07, 6.45) is 3.13. The van der Waals surface area contributed by atoms with Crippen molar-refractivity contribution < 1.29 is 9.59 Å². The minimum Gasteiger partial charge on any atom is -0.324 e. The number of carbonyl (C=O) groups is 2. The van der Waals surface area contributed by atoms with Crippen molar-refractivity contribution in [3.8, 4) is 0 Å². The van der Waals surface area contributed by atoms with Gasteiger partial charge in [-0.3, -0.25) is 19.5 Å². The maximum Gasteiger partial charge on any atom is 0.249 e. The van der Waals surface area contributed by atoms with Gasteiger partial charge in [0.25, 0.3) is 0 Å². The van der Waals surface area contributed by atoms with Crippen molar-refractivity contribution in [1.82, 2.24) is 0 Å². The lowest BCUT2D eigenvalue weighted by Crippen LogP contribution is -2.39. The molecule has 0 saturated heterocycles. The van der Waals surface area contributed by atoms with Crippen LogP contribution >= 0.6 is 11.3 Å². The Bertz CT molecular complexity index is 1280. The third kappa shape index (κ3) is 3.89. The highest BCUT2D eigenvalue weighted by Crippen LogP contribution is 2.43. The van der Waals surface area contributed by atoms with Crippen molar-refractivity contribution in [3.63, 3.8) is 0 Å². The SMILES string of the molecule is Cc1ccccc1C1=NCC(=O)N(CC(=O)Nc2c(C)cccc2C)c2sc3c(c21)CCC3. The summed E-state index contributed by atoms with van der Waals surface area (Å²) in [5.41, 5.74) is 8.25. The van der Waals surface area contributed by atoms with E-state index in [-0.39, 0.29) is 24.9 Å². The number of carbonyl (C=O) groups excluding carboxylic acids is 2. The van der Waals surface area contributed by atoms with E-state index in [1.54, 1.807) is 16.2 Å². The molecule has 5 rings (SSSR count). The number of nitrogens with one attached hydrogen (secondary N) is 1. The number of aliphatic imine (C=N–C) groups is 1. The molecule has 3 aromatic rings. The Morgan fingerprint density at radius 3 is 2.52 bits per heavy atom. The minimum atomic E-state index is -0.195. The summed E-state index contributed by atoms with van der Waals surface area (Å²) >= 11 is 1.65. The Hall–Kier alpha value is -3.25. The van der Waals surface area contributed by atoms with Gasteiger partial charge in [-0.25, -0.2) is 0 Å². The van der Waals surface area contributed by atoms with Gasteiger partial charge in [-0.15, -0.1) is 11.3 Å². The topological polar surface area (TPSA) is 61.8 Å². The normalized spacial score (nSPS) is 15.1. The van der Waals surface area contributed by atoms with E-state index < -0.39 is 0 Å². The molecule has 0 saturated carbocycles. The number of hydrogen-bond acceptors (Lipinski definition) is 4. The Morgan fingerprint density at radius 2 is 1.76 bits per heavy atom. The molecule has 1 aromatic heterocycles. The number of hydrogen-bond donors (Lipinski definition) is 1. The first-order valence-electron chi connectivity index (χ1n) is 11.4. The highest BCUT2D eigenvalue weighted by molar-refractivity contribution is 7.17. The molecule has 0 radical (unpaired) electrons. The molecule has 0 bridgehead atoms. The van der Waals surface area contributed by atoms with E-state index >= 15 is 0 Å². The van der Waals surface area contributed by atoms with Crippen LogP contribution in [0.3, 0.4) is 0 Å². The maximum absolute atomic E-state index is 13.2. The number of aryl methyl sites for hydroxylation is 4. The number of para-hydroxylation sites is 1. The standard InChI is InChI=1S/C27H27N3O2S/c1-16-8-4-5-11-19(16)26-24-20-12-7-13-21(20)33-27(24)30(23(32)14-28-26)15-22(31)29-25-17(2)9-6-10-18(25)3/h4-6,8-11H,7,12-15H2,1-3H3,(H,29,31). The lowest BCUT2D eigenvalue weighted by atomic mass is 9.96. The van der Waals surface area contributed by atoms with Crippen LogP contribution in [0.25, 0.3) is 0 Å². The van der Waals surface area contributed by atoms with E-state index in [4.69, 9.17) is 4.99 Å². The van der Waals surface area contributed by atoms with E-state index in [0.717, 1.165) is 63.5 Å². The fraction of sp³-hybridized carbons (Fsp3) is 0.296. The van der Waals surface area contributed by atoms with Crippen molar-refractivity contribution in [2.75, 3.05) is 23.3 Å². The molecule has 168 valence electrons. The van der Waals surface area contributed by atoms with E-state index in [2.05, 4.69) is 24.4 Å². The second-order valence-corrected chi connectivity index (χ2v) is 9.90. The highest BCUT2D eigenvalue weighted by atomic mass is 32.1. The van der Waals surface area contributed by atoms with Gasteiger partial charge in [0, 0.05) is 21.7 Å². The van der Waals surface area contributed by atoms with Crippen LogP contribution in [0.4, 0.5) is 10.7 Å². The second-order valence-electron chi connectivity index (χ2n) is 8.81. The molecule has 2 aromatic carbocycles. The molecule has 2 aliphatic rings. The molecular weight excluding hydrogens is 430 g/mol. The quantitative estimate of drug-likeness (QED) is 0.600. The van der Waals surface area contributed by atoms with Gasteiger partial charge in [0.2, 0.25) is 11.8 Å². The predicted octanol–water partition coefficient (Wildman–Crippen LogP) is 4.98. The van der Waals surface area contributed by atoms with Gasteiger partial charge in [0.1, 0.15) is 18.1 Å². The fourth-order valence-electron chi connectivity index (χ4n) is 4.80. The summed E-state index contributed by atoms with van der Waals surface area (Å²) in [5, 5.41) is 3.90. The van der Waals surface area contributed by atoms with Gasteiger partial charge < -0.3 is 5.32 Å². The fourth-order valence-corrected chi connectivity index (χ4v) is 6.21. The molecule has 6 heteroatoms. The van der Waals surface area contributed by atoms with Crippen LogP contribution in [0.15, 0.2) is 47.5 Å². The van der Waals surface area contributed by atoms with Gasteiger partial charge in [0.15, 0.2) is 0 Å². The van der Waals surface area contributed by atoms with E-state index in [9.17, 15) is 9.59 Å². The first kappa shape index (κ1) is 21.6. The van der Waals surface area contributed by atoms with Gasteiger partial charge in [-0.2, -0.15) is 0 Å². The third-order valence-corrected chi connectivity index (χ3v) is 7.82. The molecule has 0 unspecified atom stereocenters. The first-order chi connectivity index (χ1) is 15.9. The summed E-state index contributed by atoms with van der Waals surface area (Å²) < 4.78 is 0. The molecule has 2 heterocycles. The average molecular weight is 458 g/mol. The maximum atomic E-state index is 13.2. The molecule has 0 atom stereocenters. The molecule has 1 aliphatic carbocycles. The van der Waals surface area contributed by atoms with Gasteiger partial charge in [0.05, 0.1) is 5.71 Å². The van der Waals surface area contributed by atoms with Gasteiger partial charge in [-0.1, -0.05) is 42.5 Å². The third-order valence-electron chi connectivity index (χ3n) is 6.51. The molecule has 2 amide bonds. The van der Waals surface area contributed by atoms with E-state index in [1.165, 1.54) is 10.4 Å². The van der Waals surface area contributed by atoms with Crippen LogP contribution in [-0.4, -0.2) is 30.6 Å². The van der Waals surface area contributed by atoms with Crippen molar-refractivity contribution in [2.24, 2.45) is 4.99 Å². The zero-order valence-corrected chi connectivity index (χ0v) is 20.0. The number of anilines is 2. The first-order valence-corrected chi connectivity index (χ1v) is 12.2. The van der Waals surface area contributed by atoms with Crippen molar-refractivity contribution >= 4 is 39.6 Å². The molecular formula is C27H27N3O2S. The summed E-state index contributed by atoms with van der Waals surface area (Å²) in [4.78, 5) is 34.1. The number of amides is 2.